The average molecular weight is 621 g/mol. The summed E-state index contributed by atoms with van der Waals surface area (Å²) in [4.78, 5) is 32.7. The smallest absolute Gasteiger partial charge is 0.338 e. The maximum absolute atomic E-state index is 14.2. The van der Waals surface area contributed by atoms with Crippen LogP contribution < -0.4 is 29.1 Å². The number of ether oxygens (including phenoxy) is 4. The van der Waals surface area contributed by atoms with Gasteiger partial charge >= 0.3 is 5.97 Å². The van der Waals surface area contributed by atoms with Gasteiger partial charge in [-0.05, 0) is 60.5 Å². The number of aromatic nitrogens is 1. The normalized spacial score (nSPS) is 14.6. The first-order valence-electron chi connectivity index (χ1n) is 14.5. The van der Waals surface area contributed by atoms with Crippen molar-refractivity contribution in [2.24, 2.45) is 4.99 Å². The molecule has 0 amide bonds. The Morgan fingerprint density at radius 3 is 2.53 bits per heavy atom. The van der Waals surface area contributed by atoms with E-state index in [0.29, 0.717) is 44.4 Å². The molecule has 1 atom stereocenters. The summed E-state index contributed by atoms with van der Waals surface area (Å²) in [5, 5.41) is 2.28. The van der Waals surface area contributed by atoms with Crippen LogP contribution in [0.25, 0.3) is 16.8 Å². The molecule has 4 aromatic carbocycles. The van der Waals surface area contributed by atoms with Gasteiger partial charge in [0, 0.05) is 11.1 Å². The topological polar surface area (TPSA) is 88.4 Å². The maximum atomic E-state index is 14.2. The number of carbonyl (C=O) groups excluding carboxylic acids is 1. The van der Waals surface area contributed by atoms with Gasteiger partial charge in [-0.2, -0.15) is 0 Å². The van der Waals surface area contributed by atoms with E-state index in [1.54, 1.807) is 46.3 Å². The van der Waals surface area contributed by atoms with Crippen molar-refractivity contribution in [1.82, 2.24) is 4.57 Å². The van der Waals surface area contributed by atoms with Gasteiger partial charge in [0.25, 0.3) is 5.56 Å². The van der Waals surface area contributed by atoms with E-state index in [1.807, 2.05) is 48.5 Å². The Morgan fingerprint density at radius 1 is 0.956 bits per heavy atom. The molecule has 0 radical (unpaired) electrons. The lowest BCUT2D eigenvalue weighted by molar-refractivity contribution is -0.139. The fourth-order valence-electron chi connectivity index (χ4n) is 5.59. The summed E-state index contributed by atoms with van der Waals surface area (Å²) < 4.78 is 24.9. The number of methoxy groups -OCH3 is 2. The van der Waals surface area contributed by atoms with Crippen molar-refractivity contribution in [2.75, 3.05) is 20.8 Å². The molecule has 5 aromatic rings. The fraction of sp³-hybridized carbons (Fsp3) is 0.194. The van der Waals surface area contributed by atoms with E-state index in [0.717, 1.165) is 21.9 Å². The molecule has 0 aliphatic carbocycles. The Balaban J connectivity index is 1.46. The Kier molecular flexibility index (Phi) is 8.53. The highest BCUT2D eigenvalue weighted by Crippen LogP contribution is 2.38. The summed E-state index contributed by atoms with van der Waals surface area (Å²) in [6.07, 6.45) is 1.81. The second kappa shape index (κ2) is 12.8. The molecule has 6 rings (SSSR count). The van der Waals surface area contributed by atoms with Crippen molar-refractivity contribution in [3.05, 3.63) is 133 Å². The molecule has 1 aliphatic heterocycles. The number of allylic oxidation sites excluding steroid dienone is 1. The third-order valence-corrected chi connectivity index (χ3v) is 8.70. The molecule has 228 valence electrons. The first-order chi connectivity index (χ1) is 21.9. The molecule has 0 saturated carbocycles. The zero-order chi connectivity index (χ0) is 31.5. The monoisotopic (exact) mass is 620 g/mol. The van der Waals surface area contributed by atoms with Crippen LogP contribution in [-0.2, 0) is 16.1 Å². The van der Waals surface area contributed by atoms with E-state index in [4.69, 9.17) is 23.9 Å². The van der Waals surface area contributed by atoms with E-state index < -0.39 is 12.0 Å². The highest BCUT2D eigenvalue weighted by atomic mass is 32.1. The van der Waals surface area contributed by atoms with Crippen LogP contribution in [0.5, 0.6) is 17.2 Å². The number of nitrogens with zero attached hydrogens (tertiary/aromatic N) is 2. The van der Waals surface area contributed by atoms with Gasteiger partial charge < -0.3 is 18.9 Å². The number of thiazole rings is 1. The zero-order valence-corrected chi connectivity index (χ0v) is 26.2. The summed E-state index contributed by atoms with van der Waals surface area (Å²) in [7, 11) is 3.11. The van der Waals surface area contributed by atoms with Crippen LogP contribution in [0.4, 0.5) is 0 Å². The minimum atomic E-state index is -0.842. The number of esters is 1. The van der Waals surface area contributed by atoms with Crippen LogP contribution in [0.1, 0.15) is 36.6 Å². The Hall–Kier alpha value is -5.15. The Labute approximate surface area is 264 Å². The fourth-order valence-corrected chi connectivity index (χ4v) is 6.62. The van der Waals surface area contributed by atoms with Crippen LogP contribution in [0.3, 0.4) is 0 Å². The molecule has 0 bridgehead atoms. The molecule has 1 aromatic heterocycles. The van der Waals surface area contributed by atoms with E-state index in [-0.39, 0.29) is 17.7 Å². The van der Waals surface area contributed by atoms with Crippen molar-refractivity contribution in [3.63, 3.8) is 0 Å². The number of rotatable bonds is 9. The van der Waals surface area contributed by atoms with Crippen molar-refractivity contribution in [1.29, 1.82) is 0 Å². The second-order valence-electron chi connectivity index (χ2n) is 10.4. The lowest BCUT2D eigenvalue weighted by Gasteiger charge is -2.26. The average Bonchev–Trinajstić information content (AvgIpc) is 3.37. The largest absolute Gasteiger partial charge is 0.497 e. The third-order valence-electron chi connectivity index (χ3n) is 7.72. The lowest BCUT2D eigenvalue weighted by atomic mass is 9.94. The summed E-state index contributed by atoms with van der Waals surface area (Å²) in [5.74, 6) is 1.16. The van der Waals surface area contributed by atoms with Crippen molar-refractivity contribution in [3.8, 4) is 17.2 Å². The molecule has 1 unspecified atom stereocenters. The van der Waals surface area contributed by atoms with E-state index in [9.17, 15) is 9.59 Å². The molecule has 8 nitrogen and oxygen atoms in total. The minimum absolute atomic E-state index is 0.178. The molecule has 0 saturated heterocycles. The molecular formula is C36H32N2O6S. The molecule has 0 spiro atoms. The second-order valence-corrected chi connectivity index (χ2v) is 11.4. The van der Waals surface area contributed by atoms with E-state index in [1.165, 1.54) is 15.9 Å². The van der Waals surface area contributed by atoms with Crippen LogP contribution in [0.15, 0.2) is 106 Å². The van der Waals surface area contributed by atoms with Gasteiger partial charge in [-0.15, -0.1) is 0 Å². The SMILES string of the molecule is CCOC(=O)C1=C(C)N=c2s/c(=C\c3ccccc3OCc3cccc4ccccc34)c(=O)n2C1c1cc(OC)ccc1OC. The summed E-state index contributed by atoms with van der Waals surface area (Å²) in [6, 6.07) is 26.4. The van der Waals surface area contributed by atoms with Gasteiger partial charge in [0.2, 0.25) is 0 Å². The van der Waals surface area contributed by atoms with Crippen LogP contribution in [0, 0.1) is 0 Å². The third kappa shape index (κ3) is 5.74. The van der Waals surface area contributed by atoms with E-state index >= 15 is 0 Å². The molecule has 0 fully saturated rings. The highest BCUT2D eigenvalue weighted by Gasteiger charge is 2.35. The van der Waals surface area contributed by atoms with Gasteiger partial charge in [0.1, 0.15) is 29.9 Å². The van der Waals surface area contributed by atoms with Gasteiger partial charge in [0.05, 0.1) is 36.6 Å². The standard InChI is InChI=1S/C36H32N2O6S/c1-5-43-35(40)32-22(2)37-36-38(33(32)28-20-26(41-3)17-18-30(28)42-4)34(39)31(45-36)19-24-12-7-9-16-29(24)44-21-25-14-10-13-23-11-6-8-15-27(23)25/h6-20,33H,5,21H2,1-4H3/b31-19-. The lowest BCUT2D eigenvalue weighted by Crippen LogP contribution is -2.40. The van der Waals surface area contributed by atoms with Gasteiger partial charge in [0.15, 0.2) is 4.80 Å². The number of fused-ring (bicyclic) bond motifs is 2. The molecule has 0 N–H and O–H groups in total. The number of carbonyl (C=O) groups is 1. The van der Waals surface area contributed by atoms with Gasteiger partial charge in [-0.1, -0.05) is 72.0 Å². The predicted octanol–water partition coefficient (Wildman–Crippen LogP) is 5.55. The van der Waals surface area contributed by atoms with Crippen molar-refractivity contribution < 1.29 is 23.7 Å². The van der Waals surface area contributed by atoms with Crippen LogP contribution in [-0.4, -0.2) is 31.4 Å². The summed E-state index contributed by atoms with van der Waals surface area (Å²) >= 11 is 1.25. The number of hydrogen-bond acceptors (Lipinski definition) is 8. The maximum Gasteiger partial charge on any atom is 0.338 e. The van der Waals surface area contributed by atoms with Gasteiger partial charge in [-0.3, -0.25) is 9.36 Å². The summed E-state index contributed by atoms with van der Waals surface area (Å²) in [6.45, 7) is 4.03. The Bertz CT molecular complexity index is 2120. The predicted molar refractivity (Wildman–Crippen MR) is 175 cm³/mol. The Morgan fingerprint density at radius 2 is 1.73 bits per heavy atom. The van der Waals surface area contributed by atoms with Crippen molar-refractivity contribution in [2.45, 2.75) is 26.5 Å². The molecule has 9 heteroatoms. The quantitative estimate of drug-likeness (QED) is 0.201. The minimum Gasteiger partial charge on any atom is -0.497 e. The number of benzene rings is 4. The molecule has 2 heterocycles. The molecule has 1 aliphatic rings. The van der Waals surface area contributed by atoms with Crippen LogP contribution >= 0.6 is 11.3 Å². The molecular weight excluding hydrogens is 588 g/mol. The highest BCUT2D eigenvalue weighted by molar-refractivity contribution is 7.07. The summed E-state index contributed by atoms with van der Waals surface area (Å²) in [5.41, 5.74) is 2.83. The van der Waals surface area contributed by atoms with E-state index in [2.05, 4.69) is 24.3 Å². The first-order valence-corrected chi connectivity index (χ1v) is 15.3. The number of para-hydroxylation sites is 1. The van der Waals surface area contributed by atoms with Gasteiger partial charge in [-0.25, -0.2) is 9.79 Å². The van der Waals surface area contributed by atoms with Crippen LogP contribution in [0.2, 0.25) is 0 Å². The van der Waals surface area contributed by atoms with Crippen molar-refractivity contribution >= 4 is 34.2 Å². The zero-order valence-electron chi connectivity index (χ0n) is 25.4. The molecule has 45 heavy (non-hydrogen) atoms. The first kappa shape index (κ1) is 29.9. The number of hydrogen-bond donors (Lipinski definition) is 0.